The third-order valence-corrected chi connectivity index (χ3v) is 4.71. The van der Waals surface area contributed by atoms with Crippen LogP contribution in [-0.4, -0.2) is 16.8 Å². The number of rotatable bonds is 4. The van der Waals surface area contributed by atoms with Gasteiger partial charge >= 0.3 is 0 Å². The van der Waals surface area contributed by atoms with Crippen LogP contribution < -0.4 is 10.6 Å². The number of amides is 2. The average molecular weight is 392 g/mol. The maximum atomic E-state index is 12.3. The molecule has 0 saturated carbocycles. The number of nitrogens with zero attached hydrogens (tertiary/aromatic N) is 1. The summed E-state index contributed by atoms with van der Waals surface area (Å²) in [6.07, 6.45) is 3.17. The number of hydrogen-bond donors (Lipinski definition) is 2. The van der Waals surface area contributed by atoms with Gasteiger partial charge in [-0.25, -0.2) is 0 Å². The number of nitrogens with one attached hydrogen (secondary N) is 2. The largest absolute Gasteiger partial charge is 0.322 e. The fourth-order valence-electron chi connectivity index (χ4n) is 2.07. The van der Waals surface area contributed by atoms with Gasteiger partial charge in [0.1, 0.15) is 4.34 Å². The van der Waals surface area contributed by atoms with E-state index in [1.54, 1.807) is 48.8 Å². The molecule has 0 bridgehead atoms. The molecule has 8 heteroatoms. The minimum absolute atomic E-state index is 0.293. The van der Waals surface area contributed by atoms with Crippen molar-refractivity contribution in [2.45, 2.75) is 0 Å². The van der Waals surface area contributed by atoms with Gasteiger partial charge in [0.25, 0.3) is 11.8 Å². The number of hydrogen-bond acceptors (Lipinski definition) is 4. The number of thiophene rings is 1. The van der Waals surface area contributed by atoms with Gasteiger partial charge in [-0.2, -0.15) is 0 Å². The van der Waals surface area contributed by atoms with Crippen molar-refractivity contribution in [3.8, 4) is 0 Å². The number of carbonyl (C=O) groups is 2. The Hall–Kier alpha value is -2.41. The summed E-state index contributed by atoms with van der Waals surface area (Å²) in [7, 11) is 0. The highest BCUT2D eigenvalue weighted by Gasteiger charge is 2.15. The fourth-order valence-corrected chi connectivity index (χ4v) is 3.53. The Morgan fingerprint density at radius 3 is 2.32 bits per heavy atom. The number of aromatic nitrogens is 1. The molecule has 0 unspecified atom stereocenters. The fraction of sp³-hybridized carbons (Fsp3) is 0. The minimum atomic E-state index is -0.389. The molecule has 0 spiro atoms. The van der Waals surface area contributed by atoms with Crippen LogP contribution >= 0.6 is 34.5 Å². The molecule has 25 heavy (non-hydrogen) atoms. The van der Waals surface area contributed by atoms with Gasteiger partial charge in [0.05, 0.1) is 9.90 Å². The molecule has 5 nitrogen and oxygen atoms in total. The van der Waals surface area contributed by atoms with Crippen molar-refractivity contribution >= 4 is 57.7 Å². The second-order valence-electron chi connectivity index (χ2n) is 4.96. The molecule has 0 radical (unpaired) electrons. The second kappa shape index (κ2) is 7.65. The molecule has 0 saturated heterocycles. The van der Waals surface area contributed by atoms with Crippen LogP contribution in [0.2, 0.25) is 8.67 Å². The van der Waals surface area contributed by atoms with Gasteiger partial charge in [0, 0.05) is 29.3 Å². The molecule has 3 aromatic rings. The van der Waals surface area contributed by atoms with E-state index in [1.165, 1.54) is 6.07 Å². The van der Waals surface area contributed by atoms with Gasteiger partial charge < -0.3 is 10.6 Å². The van der Waals surface area contributed by atoms with Crippen molar-refractivity contribution in [1.29, 1.82) is 0 Å². The van der Waals surface area contributed by atoms with Crippen molar-refractivity contribution in [2.75, 3.05) is 10.6 Å². The third-order valence-electron chi connectivity index (χ3n) is 3.22. The molecule has 0 aliphatic rings. The molecule has 126 valence electrons. The van der Waals surface area contributed by atoms with E-state index in [0.29, 0.717) is 31.2 Å². The van der Waals surface area contributed by atoms with E-state index < -0.39 is 0 Å². The van der Waals surface area contributed by atoms with Crippen LogP contribution in [0.1, 0.15) is 20.7 Å². The predicted octanol–water partition coefficient (Wildman–Crippen LogP) is 4.95. The number of halogens is 2. The van der Waals surface area contributed by atoms with Crippen molar-refractivity contribution in [1.82, 2.24) is 4.98 Å². The summed E-state index contributed by atoms with van der Waals surface area (Å²) in [5.74, 6) is -0.682. The highest BCUT2D eigenvalue weighted by atomic mass is 35.5. The first-order valence-electron chi connectivity index (χ1n) is 7.10. The Balaban J connectivity index is 1.74. The van der Waals surface area contributed by atoms with E-state index in [2.05, 4.69) is 15.6 Å². The highest BCUT2D eigenvalue weighted by molar-refractivity contribution is 7.20. The normalized spacial score (nSPS) is 10.3. The van der Waals surface area contributed by atoms with Crippen molar-refractivity contribution in [2.24, 2.45) is 0 Å². The number of benzene rings is 1. The van der Waals surface area contributed by atoms with E-state index in [1.807, 2.05) is 0 Å². The standard InChI is InChI=1S/C17H11Cl2N3O2S/c18-14-9-13(15(19)25-14)17(24)22-12-3-1-2-10(8-12)16(23)21-11-4-6-20-7-5-11/h1-9H,(H,22,24)(H,20,21,23). The van der Waals surface area contributed by atoms with Crippen molar-refractivity contribution < 1.29 is 9.59 Å². The van der Waals surface area contributed by atoms with Crippen LogP contribution in [0.15, 0.2) is 54.9 Å². The lowest BCUT2D eigenvalue weighted by Gasteiger charge is -2.08. The summed E-state index contributed by atoms with van der Waals surface area (Å²) in [5.41, 5.74) is 1.81. The molecule has 0 fully saturated rings. The molecule has 2 heterocycles. The van der Waals surface area contributed by atoms with Crippen LogP contribution in [0.25, 0.3) is 0 Å². The van der Waals surface area contributed by atoms with Crippen LogP contribution in [0.4, 0.5) is 11.4 Å². The smallest absolute Gasteiger partial charge is 0.258 e. The molecular weight excluding hydrogens is 381 g/mol. The van der Waals surface area contributed by atoms with Crippen LogP contribution in [0.3, 0.4) is 0 Å². The van der Waals surface area contributed by atoms with Gasteiger partial charge in [-0.15, -0.1) is 11.3 Å². The molecule has 3 rings (SSSR count). The monoisotopic (exact) mass is 391 g/mol. The van der Waals surface area contributed by atoms with Gasteiger partial charge in [-0.3, -0.25) is 14.6 Å². The lowest BCUT2D eigenvalue weighted by atomic mass is 10.1. The average Bonchev–Trinajstić information content (AvgIpc) is 2.94. The summed E-state index contributed by atoms with van der Waals surface area (Å²) < 4.78 is 0.745. The Morgan fingerprint density at radius 2 is 1.64 bits per heavy atom. The second-order valence-corrected chi connectivity index (χ2v) is 7.25. The lowest BCUT2D eigenvalue weighted by Crippen LogP contribution is -2.14. The maximum absolute atomic E-state index is 12.3. The molecule has 1 aromatic carbocycles. The van der Waals surface area contributed by atoms with E-state index >= 15 is 0 Å². The number of pyridine rings is 1. The molecule has 2 N–H and O–H groups in total. The van der Waals surface area contributed by atoms with Gasteiger partial charge in [0.15, 0.2) is 0 Å². The molecule has 0 aliphatic carbocycles. The van der Waals surface area contributed by atoms with E-state index in [-0.39, 0.29) is 11.8 Å². The summed E-state index contributed by atoms with van der Waals surface area (Å²) in [6.45, 7) is 0. The van der Waals surface area contributed by atoms with Gasteiger partial charge in [0.2, 0.25) is 0 Å². The highest BCUT2D eigenvalue weighted by Crippen LogP contribution is 2.31. The van der Waals surface area contributed by atoms with Gasteiger partial charge in [-0.1, -0.05) is 29.3 Å². The Morgan fingerprint density at radius 1 is 0.920 bits per heavy atom. The zero-order chi connectivity index (χ0) is 17.8. The van der Waals surface area contributed by atoms with E-state index in [9.17, 15) is 9.59 Å². The summed E-state index contributed by atoms with van der Waals surface area (Å²) in [5, 5.41) is 5.46. The maximum Gasteiger partial charge on any atom is 0.258 e. The van der Waals surface area contributed by atoms with Crippen LogP contribution in [0.5, 0.6) is 0 Å². The number of carbonyl (C=O) groups excluding carboxylic acids is 2. The SMILES string of the molecule is O=C(Nc1ccncc1)c1cccc(NC(=O)c2cc(Cl)sc2Cl)c1. The molecule has 2 amide bonds. The van der Waals surface area contributed by atoms with E-state index in [0.717, 1.165) is 11.3 Å². The zero-order valence-corrected chi connectivity index (χ0v) is 15.0. The van der Waals surface area contributed by atoms with Crippen molar-refractivity contribution in [3.05, 3.63) is 74.7 Å². The molecule has 0 atom stereocenters. The third kappa shape index (κ3) is 4.36. The first kappa shape index (κ1) is 17.4. The minimum Gasteiger partial charge on any atom is -0.322 e. The lowest BCUT2D eigenvalue weighted by molar-refractivity contribution is 0.101. The zero-order valence-electron chi connectivity index (χ0n) is 12.6. The van der Waals surface area contributed by atoms with E-state index in [4.69, 9.17) is 23.2 Å². The summed E-state index contributed by atoms with van der Waals surface area (Å²) in [6, 6.07) is 11.5. The molecule has 2 aromatic heterocycles. The Kier molecular flexibility index (Phi) is 5.33. The predicted molar refractivity (Wildman–Crippen MR) is 101 cm³/mol. The molecule has 0 aliphatic heterocycles. The Labute approximate surface area is 157 Å². The molecular formula is C17H11Cl2N3O2S. The summed E-state index contributed by atoms with van der Waals surface area (Å²) >= 11 is 13.0. The number of anilines is 2. The van der Waals surface area contributed by atoms with Crippen LogP contribution in [0, 0.1) is 0 Å². The van der Waals surface area contributed by atoms with Gasteiger partial charge in [-0.05, 0) is 36.4 Å². The summed E-state index contributed by atoms with van der Waals surface area (Å²) in [4.78, 5) is 28.5. The Bertz CT molecular complexity index is 929. The first-order chi connectivity index (χ1) is 12.0. The topological polar surface area (TPSA) is 71.1 Å². The van der Waals surface area contributed by atoms with Crippen LogP contribution in [-0.2, 0) is 0 Å². The van der Waals surface area contributed by atoms with Crippen molar-refractivity contribution in [3.63, 3.8) is 0 Å². The quantitative estimate of drug-likeness (QED) is 0.660. The first-order valence-corrected chi connectivity index (χ1v) is 8.68.